The first-order chi connectivity index (χ1) is 11.6. The molecule has 6 heteroatoms. The highest BCUT2D eigenvalue weighted by Gasteiger charge is 2.13. The molecular weight excluding hydrogens is 328 g/mol. The molecule has 126 valence electrons. The molecule has 2 N–H and O–H groups in total. The highest BCUT2D eigenvalue weighted by molar-refractivity contribution is 6.30. The number of hydrogen-bond donors (Lipinski definition) is 2. The normalized spacial score (nSPS) is 10.1. The third-order valence-corrected chi connectivity index (χ3v) is 3.44. The zero-order valence-corrected chi connectivity index (χ0v) is 14.1. The number of carbonyl (C=O) groups excluding carboxylic acids is 2. The van der Waals surface area contributed by atoms with Gasteiger partial charge in [-0.2, -0.15) is 0 Å². The van der Waals surface area contributed by atoms with E-state index < -0.39 is 5.97 Å². The fraction of sp³-hybridized carbons (Fsp3) is 0.222. The molecule has 0 aliphatic rings. The number of nitrogens with one attached hydrogen (secondary N) is 2. The Morgan fingerprint density at radius 3 is 2.67 bits per heavy atom. The van der Waals surface area contributed by atoms with Crippen LogP contribution in [0.4, 0.5) is 11.4 Å². The van der Waals surface area contributed by atoms with Gasteiger partial charge in [0.05, 0.1) is 17.9 Å². The smallest absolute Gasteiger partial charge is 0.340 e. The molecule has 0 aromatic heterocycles. The van der Waals surface area contributed by atoms with Crippen molar-refractivity contribution in [3.8, 4) is 0 Å². The Kier molecular flexibility index (Phi) is 6.63. The first kappa shape index (κ1) is 17.8. The van der Waals surface area contributed by atoms with Crippen molar-refractivity contribution in [1.82, 2.24) is 0 Å². The van der Waals surface area contributed by atoms with Crippen LogP contribution in [0.3, 0.4) is 0 Å². The number of benzene rings is 2. The van der Waals surface area contributed by atoms with E-state index in [1.54, 1.807) is 43.3 Å². The van der Waals surface area contributed by atoms with Gasteiger partial charge in [0, 0.05) is 23.7 Å². The molecule has 0 heterocycles. The van der Waals surface area contributed by atoms with Crippen molar-refractivity contribution in [2.45, 2.75) is 13.3 Å². The first-order valence-electron chi connectivity index (χ1n) is 7.65. The summed E-state index contributed by atoms with van der Waals surface area (Å²) in [4.78, 5) is 24.0. The molecular formula is C18H19ClN2O3. The van der Waals surface area contributed by atoms with Gasteiger partial charge in [-0.05, 0) is 37.3 Å². The fourth-order valence-corrected chi connectivity index (χ4v) is 2.30. The molecule has 0 unspecified atom stereocenters. The van der Waals surface area contributed by atoms with Gasteiger partial charge in [-0.1, -0.05) is 29.8 Å². The van der Waals surface area contributed by atoms with Crippen LogP contribution in [0.1, 0.15) is 23.7 Å². The van der Waals surface area contributed by atoms with Crippen molar-refractivity contribution < 1.29 is 14.3 Å². The molecule has 0 saturated heterocycles. The second kappa shape index (κ2) is 8.93. The summed E-state index contributed by atoms with van der Waals surface area (Å²) in [6, 6.07) is 14.1. The molecule has 0 aliphatic heterocycles. The van der Waals surface area contributed by atoms with Crippen molar-refractivity contribution in [1.29, 1.82) is 0 Å². The summed E-state index contributed by atoms with van der Waals surface area (Å²) < 4.78 is 4.99. The summed E-state index contributed by atoms with van der Waals surface area (Å²) in [5.41, 5.74) is 1.64. The third-order valence-electron chi connectivity index (χ3n) is 3.20. The summed E-state index contributed by atoms with van der Waals surface area (Å²) >= 11 is 5.90. The van der Waals surface area contributed by atoms with E-state index >= 15 is 0 Å². The summed E-state index contributed by atoms with van der Waals surface area (Å²) in [5, 5.41) is 6.50. The van der Waals surface area contributed by atoms with Gasteiger partial charge in [0.2, 0.25) is 5.91 Å². The van der Waals surface area contributed by atoms with Crippen LogP contribution in [0.2, 0.25) is 5.02 Å². The number of para-hydroxylation sites is 1. The minimum atomic E-state index is -0.453. The van der Waals surface area contributed by atoms with Crippen LogP contribution in [-0.2, 0) is 9.53 Å². The highest BCUT2D eigenvalue weighted by atomic mass is 35.5. The van der Waals surface area contributed by atoms with Gasteiger partial charge in [0.25, 0.3) is 0 Å². The maximum absolute atomic E-state index is 12.1. The van der Waals surface area contributed by atoms with E-state index in [0.29, 0.717) is 22.8 Å². The SMILES string of the molecule is CCOC(=O)c1ccccc1NC(=O)CCNc1cccc(Cl)c1. The maximum atomic E-state index is 12.1. The number of hydrogen-bond acceptors (Lipinski definition) is 4. The molecule has 0 aliphatic carbocycles. The van der Waals surface area contributed by atoms with E-state index in [4.69, 9.17) is 16.3 Å². The second-order valence-corrected chi connectivity index (χ2v) is 5.44. The lowest BCUT2D eigenvalue weighted by atomic mass is 10.1. The van der Waals surface area contributed by atoms with Gasteiger partial charge in [-0.3, -0.25) is 4.79 Å². The molecule has 2 aromatic rings. The number of anilines is 2. The molecule has 0 fully saturated rings. The van der Waals surface area contributed by atoms with Crippen LogP contribution < -0.4 is 10.6 Å². The Morgan fingerprint density at radius 2 is 1.92 bits per heavy atom. The minimum Gasteiger partial charge on any atom is -0.462 e. The number of carbonyl (C=O) groups is 2. The number of esters is 1. The third kappa shape index (κ3) is 5.28. The summed E-state index contributed by atoms with van der Waals surface area (Å²) in [6.45, 7) is 2.47. The summed E-state index contributed by atoms with van der Waals surface area (Å²) in [7, 11) is 0. The van der Waals surface area contributed by atoms with E-state index in [0.717, 1.165) is 5.69 Å². The van der Waals surface area contributed by atoms with Crippen molar-refractivity contribution in [3.05, 3.63) is 59.1 Å². The summed E-state index contributed by atoms with van der Waals surface area (Å²) in [5.74, 6) is -0.647. The Morgan fingerprint density at radius 1 is 1.12 bits per heavy atom. The van der Waals surface area contributed by atoms with Crippen LogP contribution in [0.15, 0.2) is 48.5 Å². The maximum Gasteiger partial charge on any atom is 0.340 e. The summed E-state index contributed by atoms with van der Waals surface area (Å²) in [6.07, 6.45) is 0.254. The minimum absolute atomic E-state index is 0.193. The van der Waals surface area contributed by atoms with E-state index in [-0.39, 0.29) is 18.9 Å². The van der Waals surface area contributed by atoms with Gasteiger partial charge in [-0.15, -0.1) is 0 Å². The molecule has 5 nitrogen and oxygen atoms in total. The standard InChI is InChI=1S/C18H19ClN2O3/c1-2-24-18(23)15-8-3-4-9-16(15)21-17(22)10-11-20-14-7-5-6-13(19)12-14/h3-9,12,20H,2,10-11H2,1H3,(H,21,22). The van der Waals surface area contributed by atoms with Crippen molar-refractivity contribution in [3.63, 3.8) is 0 Å². The van der Waals surface area contributed by atoms with E-state index in [1.165, 1.54) is 0 Å². The lowest BCUT2D eigenvalue weighted by Crippen LogP contribution is -2.18. The molecule has 1 amide bonds. The van der Waals surface area contributed by atoms with Gasteiger partial charge >= 0.3 is 5.97 Å². The predicted molar refractivity (Wildman–Crippen MR) is 95.6 cm³/mol. The molecule has 24 heavy (non-hydrogen) atoms. The Labute approximate surface area is 146 Å². The van der Waals surface area contributed by atoms with Gasteiger partial charge in [0.1, 0.15) is 0 Å². The van der Waals surface area contributed by atoms with Crippen LogP contribution in [0.5, 0.6) is 0 Å². The number of rotatable bonds is 7. The lowest BCUT2D eigenvalue weighted by Gasteiger charge is -2.11. The van der Waals surface area contributed by atoms with Gasteiger partial charge in [-0.25, -0.2) is 4.79 Å². The molecule has 0 radical (unpaired) electrons. The average Bonchev–Trinajstić information content (AvgIpc) is 2.55. The van der Waals surface area contributed by atoms with E-state index in [2.05, 4.69) is 10.6 Å². The van der Waals surface area contributed by atoms with E-state index in [1.807, 2.05) is 12.1 Å². The number of amides is 1. The van der Waals surface area contributed by atoms with Gasteiger partial charge < -0.3 is 15.4 Å². The second-order valence-electron chi connectivity index (χ2n) is 5.00. The molecule has 0 bridgehead atoms. The largest absolute Gasteiger partial charge is 0.462 e. The predicted octanol–water partition coefficient (Wildman–Crippen LogP) is 3.96. The lowest BCUT2D eigenvalue weighted by molar-refractivity contribution is -0.115. The Balaban J connectivity index is 1.89. The molecule has 0 spiro atoms. The Hall–Kier alpha value is -2.53. The first-order valence-corrected chi connectivity index (χ1v) is 8.03. The zero-order chi connectivity index (χ0) is 17.4. The molecule has 0 saturated carbocycles. The fourth-order valence-electron chi connectivity index (χ4n) is 2.11. The molecule has 2 aromatic carbocycles. The average molecular weight is 347 g/mol. The highest BCUT2D eigenvalue weighted by Crippen LogP contribution is 2.17. The van der Waals surface area contributed by atoms with Crippen LogP contribution in [-0.4, -0.2) is 25.0 Å². The monoisotopic (exact) mass is 346 g/mol. The topological polar surface area (TPSA) is 67.4 Å². The number of ether oxygens (including phenoxy) is 1. The quantitative estimate of drug-likeness (QED) is 0.745. The van der Waals surface area contributed by atoms with Crippen LogP contribution in [0.25, 0.3) is 0 Å². The molecule has 0 atom stereocenters. The van der Waals surface area contributed by atoms with Crippen molar-refractivity contribution in [2.75, 3.05) is 23.8 Å². The van der Waals surface area contributed by atoms with Crippen molar-refractivity contribution >= 4 is 34.9 Å². The zero-order valence-electron chi connectivity index (χ0n) is 13.3. The van der Waals surface area contributed by atoms with E-state index in [9.17, 15) is 9.59 Å². The van der Waals surface area contributed by atoms with Gasteiger partial charge in [0.15, 0.2) is 0 Å². The molecule has 2 rings (SSSR count). The van der Waals surface area contributed by atoms with Crippen LogP contribution in [0, 0.1) is 0 Å². The Bertz CT molecular complexity index is 719. The van der Waals surface area contributed by atoms with Crippen LogP contribution >= 0.6 is 11.6 Å². The van der Waals surface area contributed by atoms with Crippen molar-refractivity contribution in [2.24, 2.45) is 0 Å². The number of halogens is 1.